The second-order valence-corrected chi connectivity index (χ2v) is 6.71. The quantitative estimate of drug-likeness (QED) is 0.474. The Morgan fingerprint density at radius 2 is 1.79 bits per heavy atom. The van der Waals surface area contributed by atoms with Crippen molar-refractivity contribution in [1.29, 1.82) is 0 Å². The summed E-state index contributed by atoms with van der Waals surface area (Å²) in [6.45, 7) is 5.90. The highest BCUT2D eigenvalue weighted by atomic mass is 32.2. The molecule has 0 heterocycles. The fourth-order valence-electron chi connectivity index (χ4n) is 1.41. The summed E-state index contributed by atoms with van der Waals surface area (Å²) in [5.41, 5.74) is -0.208. The van der Waals surface area contributed by atoms with E-state index >= 15 is 0 Å². The first kappa shape index (κ1) is 15.3. The summed E-state index contributed by atoms with van der Waals surface area (Å²) in [7, 11) is -2.02. The van der Waals surface area contributed by atoms with E-state index in [0.29, 0.717) is 5.76 Å². The molecule has 0 aliphatic heterocycles. The van der Waals surface area contributed by atoms with E-state index in [0.717, 1.165) is 0 Å². The van der Waals surface area contributed by atoms with Crippen molar-refractivity contribution in [2.24, 2.45) is 5.41 Å². The van der Waals surface area contributed by atoms with Gasteiger partial charge < -0.3 is 4.74 Å². The summed E-state index contributed by atoms with van der Waals surface area (Å²) in [5.74, 6) is 3.20. The van der Waals surface area contributed by atoms with Crippen LogP contribution in [0.1, 0.15) is 20.8 Å². The molecule has 0 amide bonds. The van der Waals surface area contributed by atoms with Crippen molar-refractivity contribution in [3.8, 4) is 11.2 Å². The molecule has 1 aromatic carbocycles. The topological polar surface area (TPSA) is 43.4 Å². The third-order valence-electron chi connectivity index (χ3n) is 2.41. The predicted octanol–water partition coefficient (Wildman–Crippen LogP) is 3.00. The molecule has 0 aromatic heterocycles. The van der Waals surface area contributed by atoms with Gasteiger partial charge in [0.2, 0.25) is 9.84 Å². The van der Waals surface area contributed by atoms with Crippen molar-refractivity contribution >= 4 is 9.84 Å². The number of allylic oxidation sites excluding steroid dienone is 2. The number of sulfone groups is 1. The van der Waals surface area contributed by atoms with Gasteiger partial charge >= 0.3 is 0 Å². The summed E-state index contributed by atoms with van der Waals surface area (Å²) >= 11 is 0. The Morgan fingerprint density at radius 3 is 2.26 bits per heavy atom. The summed E-state index contributed by atoms with van der Waals surface area (Å²) in [5, 5.41) is 2.28. The molecular formula is C15H18O3S. The summed E-state index contributed by atoms with van der Waals surface area (Å²) in [6, 6.07) is 8.14. The molecule has 0 bridgehead atoms. The molecule has 0 aliphatic rings. The molecule has 0 fully saturated rings. The Morgan fingerprint density at radius 1 is 1.21 bits per heavy atom. The molecule has 1 rings (SSSR count). The van der Waals surface area contributed by atoms with Crippen LogP contribution in [0.4, 0.5) is 0 Å². The van der Waals surface area contributed by atoms with Gasteiger partial charge in [0.05, 0.1) is 12.0 Å². The zero-order valence-corrected chi connectivity index (χ0v) is 12.4. The number of rotatable bonds is 2. The van der Waals surface area contributed by atoms with Crippen LogP contribution in [-0.4, -0.2) is 15.5 Å². The third-order valence-corrected chi connectivity index (χ3v) is 3.69. The Labute approximate surface area is 115 Å². The van der Waals surface area contributed by atoms with Gasteiger partial charge in [0.15, 0.2) is 0 Å². The van der Waals surface area contributed by atoms with Crippen LogP contribution >= 0.6 is 0 Å². The van der Waals surface area contributed by atoms with Gasteiger partial charge in [-0.05, 0) is 12.1 Å². The Bertz CT molecular complexity index is 609. The fraction of sp³-hybridized carbons (Fsp3) is 0.333. The molecule has 3 nitrogen and oxygen atoms in total. The van der Waals surface area contributed by atoms with Gasteiger partial charge in [-0.3, -0.25) is 0 Å². The van der Waals surface area contributed by atoms with Crippen molar-refractivity contribution in [2.75, 3.05) is 7.11 Å². The summed E-state index contributed by atoms with van der Waals surface area (Å²) < 4.78 is 29.0. The van der Waals surface area contributed by atoms with Gasteiger partial charge in [0, 0.05) is 16.7 Å². The molecule has 102 valence electrons. The predicted molar refractivity (Wildman–Crippen MR) is 76.0 cm³/mol. The molecule has 0 spiro atoms. The lowest BCUT2D eigenvalue weighted by molar-refractivity contribution is 0.207. The molecule has 0 unspecified atom stereocenters. The Balaban J connectivity index is 3.05. The smallest absolute Gasteiger partial charge is 0.245 e. The maximum atomic E-state index is 11.9. The lowest BCUT2D eigenvalue weighted by Gasteiger charge is -2.20. The van der Waals surface area contributed by atoms with Crippen molar-refractivity contribution in [3.63, 3.8) is 0 Å². The van der Waals surface area contributed by atoms with Crippen molar-refractivity contribution < 1.29 is 13.2 Å². The standard InChI is InChI=1S/C15H18O3S/c1-15(2,3)14(18-4)11-8-12-19(16,17)13-9-6-5-7-10-13/h5-7,9-11H,1-4H3/b14-11+. The molecule has 19 heavy (non-hydrogen) atoms. The number of benzene rings is 1. The zero-order chi connectivity index (χ0) is 14.5. The number of hydrogen-bond donors (Lipinski definition) is 0. The van der Waals surface area contributed by atoms with Crippen LogP contribution in [0.5, 0.6) is 0 Å². The van der Waals surface area contributed by atoms with Gasteiger partial charge in [0.25, 0.3) is 0 Å². The van der Waals surface area contributed by atoms with Crippen LogP contribution in [-0.2, 0) is 14.6 Å². The first-order chi connectivity index (χ1) is 8.77. The minimum Gasteiger partial charge on any atom is -0.500 e. The Hall–Kier alpha value is -1.73. The van der Waals surface area contributed by atoms with Crippen LogP contribution in [0.15, 0.2) is 47.1 Å². The second kappa shape index (κ2) is 5.94. The number of ether oxygens (including phenoxy) is 1. The van der Waals surface area contributed by atoms with E-state index in [2.05, 4.69) is 11.2 Å². The average Bonchev–Trinajstić information content (AvgIpc) is 2.34. The van der Waals surface area contributed by atoms with E-state index in [9.17, 15) is 8.42 Å². The number of hydrogen-bond acceptors (Lipinski definition) is 3. The first-order valence-electron chi connectivity index (χ1n) is 5.84. The van der Waals surface area contributed by atoms with Gasteiger partial charge in [0.1, 0.15) is 5.76 Å². The molecule has 0 atom stereocenters. The Kier molecular flexibility index (Phi) is 4.79. The van der Waals surface area contributed by atoms with E-state index in [-0.39, 0.29) is 10.3 Å². The second-order valence-electron chi connectivity index (χ2n) is 5.03. The summed E-state index contributed by atoms with van der Waals surface area (Å²) in [4.78, 5) is 0.200. The highest BCUT2D eigenvalue weighted by molar-refractivity contribution is 7.96. The number of methoxy groups -OCH3 is 1. The van der Waals surface area contributed by atoms with Crippen LogP contribution in [0.25, 0.3) is 0 Å². The van der Waals surface area contributed by atoms with Crippen LogP contribution in [0.2, 0.25) is 0 Å². The van der Waals surface area contributed by atoms with E-state index in [1.165, 1.54) is 18.2 Å². The monoisotopic (exact) mass is 278 g/mol. The zero-order valence-electron chi connectivity index (χ0n) is 11.6. The molecule has 0 radical (unpaired) electrons. The van der Waals surface area contributed by atoms with Crippen LogP contribution in [0, 0.1) is 16.6 Å². The largest absolute Gasteiger partial charge is 0.500 e. The normalized spacial score (nSPS) is 12.5. The highest BCUT2D eigenvalue weighted by Gasteiger charge is 2.17. The maximum Gasteiger partial charge on any atom is 0.245 e. The average molecular weight is 278 g/mol. The molecule has 0 saturated heterocycles. The lowest BCUT2D eigenvalue weighted by atomic mass is 9.93. The van der Waals surface area contributed by atoms with Gasteiger partial charge in [-0.15, -0.1) is 0 Å². The van der Waals surface area contributed by atoms with Crippen LogP contribution in [0.3, 0.4) is 0 Å². The highest BCUT2D eigenvalue weighted by Crippen LogP contribution is 2.24. The van der Waals surface area contributed by atoms with Gasteiger partial charge in [-0.25, -0.2) is 8.42 Å². The molecule has 1 aromatic rings. The molecule has 0 saturated carbocycles. The van der Waals surface area contributed by atoms with Crippen molar-refractivity contribution in [3.05, 3.63) is 42.2 Å². The molecular weight excluding hydrogens is 260 g/mol. The van der Waals surface area contributed by atoms with Crippen molar-refractivity contribution in [2.45, 2.75) is 25.7 Å². The van der Waals surface area contributed by atoms with Gasteiger partial charge in [-0.2, -0.15) is 0 Å². The van der Waals surface area contributed by atoms with E-state index in [1.807, 2.05) is 20.8 Å². The SMILES string of the molecule is CO/C(=C/C#CS(=O)(=O)c1ccccc1)C(C)(C)C. The molecule has 0 aliphatic carbocycles. The van der Waals surface area contributed by atoms with E-state index in [4.69, 9.17) is 4.74 Å². The molecule has 0 N–H and O–H groups in total. The third kappa shape index (κ3) is 4.46. The minimum atomic E-state index is -3.57. The van der Waals surface area contributed by atoms with Crippen molar-refractivity contribution in [1.82, 2.24) is 0 Å². The van der Waals surface area contributed by atoms with Gasteiger partial charge in [-0.1, -0.05) is 44.9 Å². The summed E-state index contributed by atoms with van der Waals surface area (Å²) in [6.07, 6.45) is 1.50. The first-order valence-corrected chi connectivity index (χ1v) is 7.33. The molecule has 4 heteroatoms. The van der Waals surface area contributed by atoms with E-state index in [1.54, 1.807) is 25.3 Å². The fourth-order valence-corrected chi connectivity index (χ4v) is 2.26. The van der Waals surface area contributed by atoms with E-state index < -0.39 is 9.84 Å². The van der Waals surface area contributed by atoms with Crippen LogP contribution < -0.4 is 0 Å². The minimum absolute atomic E-state index is 0.200. The lowest BCUT2D eigenvalue weighted by Crippen LogP contribution is -2.10. The maximum absolute atomic E-state index is 11.9.